The van der Waals surface area contributed by atoms with Crippen LogP contribution in [0.25, 0.3) is 0 Å². The number of amides is 1. The molecule has 0 saturated carbocycles. The Hall–Kier alpha value is -3.93. The van der Waals surface area contributed by atoms with Gasteiger partial charge >= 0.3 is 6.18 Å². The second kappa shape index (κ2) is 9.85. The van der Waals surface area contributed by atoms with E-state index in [1.165, 1.54) is 42.5 Å². The lowest BCUT2D eigenvalue weighted by molar-refractivity contribution is -0.137. The zero-order chi connectivity index (χ0) is 27.0. The molecule has 1 aliphatic heterocycles. The van der Waals surface area contributed by atoms with E-state index in [1.807, 2.05) is 0 Å². The lowest BCUT2D eigenvalue weighted by atomic mass is 9.96. The van der Waals surface area contributed by atoms with Gasteiger partial charge in [-0.15, -0.1) is 0 Å². The van der Waals surface area contributed by atoms with E-state index in [0.717, 1.165) is 18.4 Å². The standard InChI is InChI=1S/C25H22F3N3O5S/c1-14-19(24-29-10-11-36-24)13-20(22(32)30-14)23(33)31-21(15-6-8-18(9-7-15)37(2,34)35)16-4-3-5-17(12-16)25(26,27)28/h3-9,12-13,21H,10-11H2,1-2H3,(H,30,32)(H,31,33). The van der Waals surface area contributed by atoms with Crippen molar-refractivity contribution in [1.29, 1.82) is 0 Å². The van der Waals surface area contributed by atoms with Gasteiger partial charge in [-0.05, 0) is 48.4 Å². The normalized spacial score (nSPS) is 14.6. The molecule has 0 radical (unpaired) electrons. The third-order valence-corrected chi connectivity index (χ3v) is 6.89. The van der Waals surface area contributed by atoms with Gasteiger partial charge in [-0.25, -0.2) is 13.4 Å². The number of carbonyl (C=O) groups excluding carboxylic acids is 1. The fourth-order valence-electron chi connectivity index (χ4n) is 3.88. The highest BCUT2D eigenvalue weighted by Gasteiger charge is 2.32. The summed E-state index contributed by atoms with van der Waals surface area (Å²) in [6, 6.07) is 9.96. The van der Waals surface area contributed by atoms with Crippen LogP contribution in [0.3, 0.4) is 0 Å². The van der Waals surface area contributed by atoms with Gasteiger partial charge in [0.05, 0.1) is 28.6 Å². The average molecular weight is 534 g/mol. The molecule has 3 aromatic rings. The van der Waals surface area contributed by atoms with E-state index < -0.39 is 39.1 Å². The molecule has 0 aliphatic carbocycles. The molecule has 1 aliphatic rings. The molecule has 2 heterocycles. The largest absolute Gasteiger partial charge is 0.475 e. The van der Waals surface area contributed by atoms with Crippen LogP contribution in [0.15, 0.2) is 69.3 Å². The predicted molar refractivity (Wildman–Crippen MR) is 129 cm³/mol. The van der Waals surface area contributed by atoms with Gasteiger partial charge in [-0.2, -0.15) is 13.2 Å². The van der Waals surface area contributed by atoms with Gasteiger partial charge < -0.3 is 15.0 Å². The Balaban J connectivity index is 1.77. The number of rotatable bonds is 6. The summed E-state index contributed by atoms with van der Waals surface area (Å²) in [5, 5.41) is 2.62. The molecular formula is C25H22F3N3O5S. The first kappa shape index (κ1) is 26.1. The molecule has 8 nitrogen and oxygen atoms in total. The summed E-state index contributed by atoms with van der Waals surface area (Å²) in [5.41, 5.74) is -0.668. The zero-order valence-electron chi connectivity index (χ0n) is 19.7. The third kappa shape index (κ3) is 5.74. The number of ether oxygens (including phenoxy) is 1. The van der Waals surface area contributed by atoms with Crippen LogP contribution in [0.1, 0.15) is 44.3 Å². The Morgan fingerprint density at radius 2 is 1.81 bits per heavy atom. The molecule has 2 aromatic carbocycles. The maximum atomic E-state index is 13.4. The fourth-order valence-corrected chi connectivity index (χ4v) is 4.51. The van der Waals surface area contributed by atoms with Gasteiger partial charge in [0.15, 0.2) is 9.84 Å². The zero-order valence-corrected chi connectivity index (χ0v) is 20.5. The predicted octanol–water partition coefficient (Wildman–Crippen LogP) is 3.40. The topological polar surface area (TPSA) is 118 Å². The summed E-state index contributed by atoms with van der Waals surface area (Å²) in [6.45, 7) is 2.41. The Morgan fingerprint density at radius 3 is 2.41 bits per heavy atom. The number of aromatic amines is 1. The first-order valence-electron chi connectivity index (χ1n) is 11.0. The van der Waals surface area contributed by atoms with Crippen LogP contribution in [-0.4, -0.2) is 44.6 Å². The van der Waals surface area contributed by atoms with Crippen LogP contribution in [0.4, 0.5) is 13.2 Å². The minimum Gasteiger partial charge on any atom is -0.475 e. The van der Waals surface area contributed by atoms with Crippen molar-refractivity contribution < 1.29 is 31.1 Å². The van der Waals surface area contributed by atoms with Crippen molar-refractivity contribution >= 4 is 21.6 Å². The van der Waals surface area contributed by atoms with Crippen molar-refractivity contribution in [3.05, 3.63) is 98.5 Å². The van der Waals surface area contributed by atoms with E-state index >= 15 is 0 Å². The van der Waals surface area contributed by atoms with Crippen molar-refractivity contribution in [3.63, 3.8) is 0 Å². The summed E-state index contributed by atoms with van der Waals surface area (Å²) >= 11 is 0. The lowest BCUT2D eigenvalue weighted by Crippen LogP contribution is -2.34. The van der Waals surface area contributed by atoms with Crippen LogP contribution in [0.5, 0.6) is 0 Å². The maximum absolute atomic E-state index is 13.4. The van der Waals surface area contributed by atoms with Crippen molar-refractivity contribution in [2.45, 2.75) is 24.0 Å². The molecule has 4 rings (SSSR count). The number of aromatic nitrogens is 1. The molecule has 0 bridgehead atoms. The molecule has 37 heavy (non-hydrogen) atoms. The van der Waals surface area contributed by atoms with E-state index in [1.54, 1.807) is 6.92 Å². The van der Waals surface area contributed by atoms with Crippen molar-refractivity contribution in [1.82, 2.24) is 10.3 Å². The number of carbonyl (C=O) groups is 1. The van der Waals surface area contributed by atoms with Crippen LogP contribution >= 0.6 is 0 Å². The molecule has 1 atom stereocenters. The number of nitrogens with zero attached hydrogens (tertiary/aromatic N) is 1. The molecule has 0 spiro atoms. The Kier molecular flexibility index (Phi) is 6.96. The van der Waals surface area contributed by atoms with Crippen LogP contribution in [0.2, 0.25) is 0 Å². The molecule has 194 valence electrons. The maximum Gasteiger partial charge on any atom is 0.416 e. The van der Waals surface area contributed by atoms with E-state index in [2.05, 4.69) is 15.3 Å². The molecule has 0 saturated heterocycles. The highest BCUT2D eigenvalue weighted by molar-refractivity contribution is 7.90. The molecular weight excluding hydrogens is 511 g/mol. The smallest absolute Gasteiger partial charge is 0.416 e. The summed E-state index contributed by atoms with van der Waals surface area (Å²) in [6.07, 6.45) is -3.61. The third-order valence-electron chi connectivity index (χ3n) is 5.76. The molecule has 1 aromatic heterocycles. The number of halogens is 3. The molecule has 0 fully saturated rings. The van der Waals surface area contributed by atoms with Gasteiger partial charge in [-0.1, -0.05) is 24.3 Å². The molecule has 1 unspecified atom stereocenters. The number of sulfone groups is 1. The SMILES string of the molecule is Cc1[nH]c(=O)c(C(=O)NC(c2ccc(S(C)(=O)=O)cc2)c2cccc(C(F)(F)F)c2)cc1C1=NCCO1. The van der Waals surface area contributed by atoms with Crippen LogP contribution in [-0.2, 0) is 20.8 Å². The Morgan fingerprint density at radius 1 is 1.11 bits per heavy atom. The average Bonchev–Trinajstić information content (AvgIpc) is 3.36. The lowest BCUT2D eigenvalue weighted by Gasteiger charge is -2.21. The highest BCUT2D eigenvalue weighted by Crippen LogP contribution is 2.32. The quantitative estimate of drug-likeness (QED) is 0.504. The van der Waals surface area contributed by atoms with Gasteiger partial charge in [0.2, 0.25) is 5.90 Å². The van der Waals surface area contributed by atoms with Gasteiger partial charge in [0.1, 0.15) is 12.2 Å². The van der Waals surface area contributed by atoms with E-state index in [0.29, 0.717) is 30.0 Å². The number of hydrogen-bond donors (Lipinski definition) is 2. The Bertz CT molecular complexity index is 1540. The van der Waals surface area contributed by atoms with E-state index in [4.69, 9.17) is 4.74 Å². The highest BCUT2D eigenvalue weighted by atomic mass is 32.2. The number of nitrogens with one attached hydrogen (secondary N) is 2. The second-order valence-electron chi connectivity index (χ2n) is 8.46. The van der Waals surface area contributed by atoms with E-state index in [9.17, 15) is 31.2 Å². The summed E-state index contributed by atoms with van der Waals surface area (Å²) in [7, 11) is -3.53. The number of H-pyrrole nitrogens is 1. The summed E-state index contributed by atoms with van der Waals surface area (Å²) in [4.78, 5) is 32.7. The van der Waals surface area contributed by atoms with Gasteiger partial charge in [-0.3, -0.25) is 9.59 Å². The first-order chi connectivity index (χ1) is 17.3. The van der Waals surface area contributed by atoms with Gasteiger partial charge in [0.25, 0.3) is 11.5 Å². The Labute approximate surface area is 210 Å². The molecule has 2 N–H and O–H groups in total. The summed E-state index contributed by atoms with van der Waals surface area (Å²) in [5.74, 6) is -0.579. The van der Waals surface area contributed by atoms with Crippen LogP contribution < -0.4 is 10.9 Å². The number of aryl methyl sites for hydroxylation is 1. The minimum absolute atomic E-state index is 0.00216. The number of pyridine rings is 1. The summed E-state index contributed by atoms with van der Waals surface area (Å²) < 4.78 is 69.4. The van der Waals surface area contributed by atoms with E-state index in [-0.39, 0.29) is 21.9 Å². The number of alkyl halides is 3. The minimum atomic E-state index is -4.63. The van der Waals surface area contributed by atoms with Crippen molar-refractivity contribution in [2.24, 2.45) is 4.99 Å². The fraction of sp³-hybridized carbons (Fsp3) is 0.240. The van der Waals surface area contributed by atoms with Crippen molar-refractivity contribution in [2.75, 3.05) is 19.4 Å². The number of aliphatic imine (C=N–C) groups is 1. The molecule has 1 amide bonds. The first-order valence-corrected chi connectivity index (χ1v) is 12.9. The molecule has 12 heteroatoms. The van der Waals surface area contributed by atoms with Crippen molar-refractivity contribution in [3.8, 4) is 0 Å². The number of hydrogen-bond acceptors (Lipinski definition) is 6. The second-order valence-corrected chi connectivity index (χ2v) is 10.5. The van der Waals surface area contributed by atoms with Crippen LogP contribution in [0, 0.1) is 6.92 Å². The monoisotopic (exact) mass is 533 g/mol. The number of benzene rings is 2. The van der Waals surface area contributed by atoms with Gasteiger partial charge in [0, 0.05) is 11.9 Å².